The molecule has 1 heterocycles. The van der Waals surface area contributed by atoms with Crippen molar-refractivity contribution in [1.29, 1.82) is 0 Å². The number of piperidine rings is 1. The van der Waals surface area contributed by atoms with E-state index < -0.39 is 0 Å². The lowest BCUT2D eigenvalue weighted by molar-refractivity contribution is -0.140. The van der Waals surface area contributed by atoms with E-state index in [-0.39, 0.29) is 12.0 Å². The van der Waals surface area contributed by atoms with Gasteiger partial charge in [0.05, 0.1) is 0 Å². The van der Waals surface area contributed by atoms with Gasteiger partial charge in [-0.05, 0) is 51.7 Å². The van der Waals surface area contributed by atoms with Crippen LogP contribution in [-0.4, -0.2) is 55.0 Å². The van der Waals surface area contributed by atoms with Crippen molar-refractivity contribution in [3.63, 3.8) is 0 Å². The predicted octanol–water partition coefficient (Wildman–Crippen LogP) is 1.30. The third-order valence-electron chi connectivity index (χ3n) is 5.26. The number of rotatable bonds is 2. The van der Waals surface area contributed by atoms with Crippen LogP contribution < -0.4 is 5.73 Å². The van der Waals surface area contributed by atoms with E-state index in [0.717, 1.165) is 45.2 Å². The summed E-state index contributed by atoms with van der Waals surface area (Å²) in [5.41, 5.74) is 6.13. The highest BCUT2D eigenvalue weighted by molar-refractivity contribution is 5.79. The summed E-state index contributed by atoms with van der Waals surface area (Å²) in [6, 6.07) is 0.627. The zero-order valence-electron chi connectivity index (χ0n) is 12.6. The van der Waals surface area contributed by atoms with Crippen molar-refractivity contribution < 1.29 is 4.79 Å². The van der Waals surface area contributed by atoms with Gasteiger partial charge in [0.15, 0.2) is 0 Å². The predicted molar refractivity (Wildman–Crippen MR) is 77.8 cm³/mol. The molecule has 0 spiro atoms. The highest BCUT2D eigenvalue weighted by atomic mass is 16.2. The highest BCUT2D eigenvalue weighted by Gasteiger charge is 2.36. The SMILES string of the molecule is CC1C(N)CCCC1C(=O)N(C)C1CCN(C)CC1. The standard InChI is InChI=1S/C15H29N3O/c1-11-13(5-4-6-14(11)16)15(19)18(3)12-7-9-17(2)10-8-12/h11-14H,4-10,16H2,1-3H3. The van der Waals surface area contributed by atoms with E-state index in [1.165, 1.54) is 0 Å². The smallest absolute Gasteiger partial charge is 0.226 e. The Balaban J connectivity index is 1.94. The van der Waals surface area contributed by atoms with Crippen LogP contribution in [0.25, 0.3) is 0 Å². The second-order valence-electron chi connectivity index (χ2n) is 6.54. The summed E-state index contributed by atoms with van der Waals surface area (Å²) in [5.74, 6) is 0.806. The molecule has 1 aliphatic carbocycles. The first-order chi connectivity index (χ1) is 9.00. The molecule has 4 heteroatoms. The monoisotopic (exact) mass is 267 g/mol. The first-order valence-corrected chi connectivity index (χ1v) is 7.71. The number of amides is 1. The first kappa shape index (κ1) is 14.8. The number of carbonyl (C=O) groups is 1. The fourth-order valence-electron chi connectivity index (χ4n) is 3.57. The Bertz CT molecular complexity index is 313. The van der Waals surface area contributed by atoms with E-state index in [9.17, 15) is 4.79 Å². The zero-order chi connectivity index (χ0) is 14.0. The Morgan fingerprint density at radius 3 is 2.47 bits per heavy atom. The lowest BCUT2D eigenvalue weighted by Crippen LogP contribution is -2.50. The molecule has 0 bridgehead atoms. The van der Waals surface area contributed by atoms with Crippen LogP contribution >= 0.6 is 0 Å². The largest absolute Gasteiger partial charge is 0.342 e. The van der Waals surface area contributed by atoms with Crippen LogP contribution in [0.15, 0.2) is 0 Å². The van der Waals surface area contributed by atoms with Crippen molar-refractivity contribution in [2.24, 2.45) is 17.6 Å². The van der Waals surface area contributed by atoms with Crippen molar-refractivity contribution >= 4 is 5.91 Å². The lowest BCUT2D eigenvalue weighted by Gasteiger charge is -2.40. The summed E-state index contributed by atoms with van der Waals surface area (Å²) < 4.78 is 0. The summed E-state index contributed by atoms with van der Waals surface area (Å²) >= 11 is 0. The lowest BCUT2D eigenvalue weighted by atomic mass is 9.76. The van der Waals surface area contributed by atoms with Gasteiger partial charge >= 0.3 is 0 Å². The van der Waals surface area contributed by atoms with Crippen LogP contribution in [0.1, 0.15) is 39.0 Å². The molecule has 0 aromatic rings. The second kappa shape index (κ2) is 6.23. The van der Waals surface area contributed by atoms with E-state index in [2.05, 4.69) is 18.9 Å². The maximum Gasteiger partial charge on any atom is 0.226 e. The molecule has 110 valence electrons. The molecule has 1 aliphatic heterocycles. The number of nitrogens with zero attached hydrogens (tertiary/aromatic N) is 2. The summed E-state index contributed by atoms with van der Waals surface area (Å²) in [4.78, 5) is 17.1. The topological polar surface area (TPSA) is 49.6 Å². The Morgan fingerprint density at radius 1 is 1.21 bits per heavy atom. The molecule has 4 nitrogen and oxygen atoms in total. The average molecular weight is 267 g/mol. The highest BCUT2D eigenvalue weighted by Crippen LogP contribution is 2.31. The Hall–Kier alpha value is -0.610. The summed E-state index contributed by atoms with van der Waals surface area (Å²) in [7, 11) is 4.14. The Kier molecular flexibility index (Phi) is 4.85. The number of likely N-dealkylation sites (tertiary alicyclic amines) is 1. The number of hydrogen-bond acceptors (Lipinski definition) is 3. The Morgan fingerprint density at radius 2 is 1.84 bits per heavy atom. The molecule has 19 heavy (non-hydrogen) atoms. The minimum atomic E-state index is 0.147. The Labute approximate surface area is 117 Å². The minimum absolute atomic E-state index is 0.147. The van der Waals surface area contributed by atoms with E-state index in [4.69, 9.17) is 5.73 Å². The zero-order valence-corrected chi connectivity index (χ0v) is 12.6. The molecule has 2 aliphatic rings. The molecule has 2 rings (SSSR count). The minimum Gasteiger partial charge on any atom is -0.342 e. The van der Waals surface area contributed by atoms with E-state index in [0.29, 0.717) is 17.9 Å². The van der Waals surface area contributed by atoms with E-state index >= 15 is 0 Å². The fourth-order valence-corrected chi connectivity index (χ4v) is 3.57. The van der Waals surface area contributed by atoms with Crippen LogP contribution in [0, 0.1) is 11.8 Å². The van der Waals surface area contributed by atoms with Gasteiger partial charge in [-0.2, -0.15) is 0 Å². The summed E-state index contributed by atoms with van der Waals surface area (Å²) in [6.07, 6.45) is 5.40. The molecule has 3 atom stereocenters. The van der Waals surface area contributed by atoms with Crippen molar-refractivity contribution in [2.75, 3.05) is 27.2 Å². The molecule has 0 aromatic carbocycles. The third kappa shape index (κ3) is 3.29. The molecule has 2 N–H and O–H groups in total. The van der Waals surface area contributed by atoms with Crippen LogP contribution in [0.4, 0.5) is 0 Å². The van der Waals surface area contributed by atoms with Crippen molar-refractivity contribution in [3.8, 4) is 0 Å². The van der Waals surface area contributed by atoms with Gasteiger partial charge in [0.25, 0.3) is 0 Å². The van der Waals surface area contributed by atoms with Gasteiger partial charge in [-0.15, -0.1) is 0 Å². The van der Waals surface area contributed by atoms with Gasteiger partial charge in [-0.25, -0.2) is 0 Å². The molecule has 3 unspecified atom stereocenters. The van der Waals surface area contributed by atoms with Crippen LogP contribution in [0.5, 0.6) is 0 Å². The van der Waals surface area contributed by atoms with E-state index in [1.54, 1.807) is 0 Å². The van der Waals surface area contributed by atoms with Crippen LogP contribution in [0.2, 0.25) is 0 Å². The molecule has 1 amide bonds. The van der Waals surface area contributed by atoms with Gasteiger partial charge in [0, 0.05) is 25.0 Å². The summed E-state index contributed by atoms with van der Waals surface area (Å²) in [6.45, 7) is 4.35. The maximum absolute atomic E-state index is 12.7. The second-order valence-corrected chi connectivity index (χ2v) is 6.54. The van der Waals surface area contributed by atoms with Crippen LogP contribution in [0.3, 0.4) is 0 Å². The van der Waals surface area contributed by atoms with Gasteiger partial charge in [-0.3, -0.25) is 4.79 Å². The van der Waals surface area contributed by atoms with Gasteiger partial charge in [0.1, 0.15) is 0 Å². The van der Waals surface area contributed by atoms with Crippen molar-refractivity contribution in [2.45, 2.75) is 51.1 Å². The molecule has 0 aromatic heterocycles. The molecule has 2 fully saturated rings. The third-order valence-corrected chi connectivity index (χ3v) is 5.26. The number of carbonyl (C=O) groups excluding carboxylic acids is 1. The van der Waals surface area contributed by atoms with Crippen molar-refractivity contribution in [3.05, 3.63) is 0 Å². The molecule has 1 saturated carbocycles. The molecular weight excluding hydrogens is 238 g/mol. The van der Waals surface area contributed by atoms with Crippen molar-refractivity contribution in [1.82, 2.24) is 9.80 Å². The average Bonchev–Trinajstić information content (AvgIpc) is 2.41. The molecule has 1 saturated heterocycles. The van der Waals surface area contributed by atoms with Gasteiger partial charge < -0.3 is 15.5 Å². The number of hydrogen-bond donors (Lipinski definition) is 1. The number of nitrogens with two attached hydrogens (primary N) is 1. The van der Waals surface area contributed by atoms with E-state index in [1.807, 2.05) is 11.9 Å². The van der Waals surface area contributed by atoms with Crippen LogP contribution in [-0.2, 0) is 4.79 Å². The van der Waals surface area contributed by atoms with Gasteiger partial charge in [0.2, 0.25) is 5.91 Å². The summed E-state index contributed by atoms with van der Waals surface area (Å²) in [5, 5.41) is 0. The first-order valence-electron chi connectivity index (χ1n) is 7.71. The fraction of sp³-hybridized carbons (Fsp3) is 0.933. The van der Waals surface area contributed by atoms with Gasteiger partial charge in [-0.1, -0.05) is 13.3 Å². The molecular formula is C15H29N3O. The quantitative estimate of drug-likeness (QED) is 0.820. The maximum atomic E-state index is 12.7. The normalized spacial score (nSPS) is 34.2. The molecule has 0 radical (unpaired) electrons.